The first-order chi connectivity index (χ1) is 12.9. The number of anilines is 2. The van der Waals surface area contributed by atoms with E-state index in [1.807, 2.05) is 49.9 Å². The highest BCUT2D eigenvalue weighted by molar-refractivity contribution is 7.92. The van der Waals surface area contributed by atoms with E-state index in [-0.39, 0.29) is 16.7 Å². The summed E-state index contributed by atoms with van der Waals surface area (Å²) in [6.45, 7) is 6.69. The van der Waals surface area contributed by atoms with Crippen molar-refractivity contribution in [2.75, 3.05) is 22.3 Å². The number of nitrogens with zero attached hydrogens (tertiary/aromatic N) is 2. The predicted molar refractivity (Wildman–Crippen MR) is 107 cm³/mol. The Morgan fingerprint density at radius 1 is 1.22 bits per heavy atom. The topological polar surface area (TPSA) is 57.7 Å². The summed E-state index contributed by atoms with van der Waals surface area (Å²) in [6.07, 6.45) is 1.67. The Hall–Kier alpha value is -2.34. The third kappa shape index (κ3) is 2.65. The van der Waals surface area contributed by atoms with Gasteiger partial charge in [-0.2, -0.15) is 0 Å². The number of hydrogen-bond donors (Lipinski definition) is 0. The first-order valence-electron chi connectivity index (χ1n) is 9.42. The van der Waals surface area contributed by atoms with Crippen molar-refractivity contribution in [3.63, 3.8) is 0 Å². The number of rotatable bonds is 4. The van der Waals surface area contributed by atoms with Crippen molar-refractivity contribution < 1.29 is 13.2 Å². The molecule has 2 aromatic carbocycles. The second-order valence-electron chi connectivity index (χ2n) is 7.29. The fraction of sp³-hybridized carbons (Fsp3) is 0.381. The minimum Gasteiger partial charge on any atom is -0.311 e. The molecule has 2 aromatic rings. The average molecular weight is 385 g/mol. The van der Waals surface area contributed by atoms with Gasteiger partial charge in [-0.3, -0.25) is 9.10 Å². The lowest BCUT2D eigenvalue weighted by Crippen LogP contribution is -2.33. The summed E-state index contributed by atoms with van der Waals surface area (Å²) < 4.78 is 28.5. The maximum absolute atomic E-state index is 13.5. The van der Waals surface area contributed by atoms with E-state index >= 15 is 0 Å². The van der Waals surface area contributed by atoms with Crippen LogP contribution < -0.4 is 9.21 Å². The van der Waals surface area contributed by atoms with E-state index in [1.165, 1.54) is 4.31 Å². The molecule has 0 spiro atoms. The van der Waals surface area contributed by atoms with Crippen molar-refractivity contribution in [3.05, 3.63) is 53.1 Å². The minimum absolute atomic E-state index is 0.0757. The molecule has 27 heavy (non-hydrogen) atoms. The lowest BCUT2D eigenvalue weighted by Gasteiger charge is -2.28. The first kappa shape index (κ1) is 18.0. The number of aryl methyl sites for hydroxylation is 2. The number of amides is 1. The van der Waals surface area contributed by atoms with Crippen LogP contribution in [0, 0.1) is 6.92 Å². The second kappa shape index (κ2) is 6.37. The van der Waals surface area contributed by atoms with E-state index in [0.29, 0.717) is 12.2 Å². The summed E-state index contributed by atoms with van der Waals surface area (Å²) >= 11 is 0. The van der Waals surface area contributed by atoms with Gasteiger partial charge in [0.25, 0.3) is 10.0 Å². The normalized spacial score (nSPS) is 18.6. The summed E-state index contributed by atoms with van der Waals surface area (Å²) in [5.74, 6) is -0.215. The van der Waals surface area contributed by atoms with Gasteiger partial charge in [0.2, 0.25) is 5.91 Å². The van der Waals surface area contributed by atoms with E-state index in [0.717, 1.165) is 41.8 Å². The number of hydrogen-bond acceptors (Lipinski definition) is 3. The van der Waals surface area contributed by atoms with Crippen molar-refractivity contribution >= 4 is 27.3 Å². The zero-order valence-electron chi connectivity index (χ0n) is 15.9. The molecule has 0 unspecified atom stereocenters. The van der Waals surface area contributed by atoms with Crippen LogP contribution in [0.5, 0.6) is 0 Å². The molecule has 1 atom stereocenters. The first-order valence-corrected chi connectivity index (χ1v) is 10.9. The third-order valence-corrected chi connectivity index (χ3v) is 7.52. The van der Waals surface area contributed by atoms with E-state index in [4.69, 9.17) is 0 Å². The van der Waals surface area contributed by atoms with E-state index < -0.39 is 10.0 Å². The lowest BCUT2D eigenvalue weighted by atomic mass is 9.97. The van der Waals surface area contributed by atoms with Crippen LogP contribution in [0.4, 0.5) is 11.4 Å². The van der Waals surface area contributed by atoms with Gasteiger partial charge in [-0.1, -0.05) is 18.2 Å². The van der Waals surface area contributed by atoms with Crippen LogP contribution in [0.1, 0.15) is 42.9 Å². The Balaban J connectivity index is 1.86. The van der Waals surface area contributed by atoms with Gasteiger partial charge >= 0.3 is 0 Å². The molecule has 2 aliphatic heterocycles. The van der Waals surface area contributed by atoms with Crippen molar-refractivity contribution in [3.8, 4) is 0 Å². The molecule has 1 amide bonds. The summed E-state index contributed by atoms with van der Waals surface area (Å²) in [5.41, 5.74) is 4.36. The SMILES string of the molecule is CCN(c1ccccc1C)S(=O)(=O)c1cc2c3c(c1)[C@@H](C)C(=O)N3CCC2. The minimum atomic E-state index is -3.71. The van der Waals surface area contributed by atoms with Crippen molar-refractivity contribution in [2.24, 2.45) is 0 Å². The molecule has 6 heteroatoms. The Labute approximate surface area is 160 Å². The van der Waals surface area contributed by atoms with Crippen LogP contribution in [0.25, 0.3) is 0 Å². The highest BCUT2D eigenvalue weighted by Crippen LogP contribution is 2.44. The molecule has 0 saturated carbocycles. The Morgan fingerprint density at radius 2 is 1.96 bits per heavy atom. The summed E-state index contributed by atoms with van der Waals surface area (Å²) in [4.78, 5) is 14.7. The van der Waals surface area contributed by atoms with Gasteiger partial charge in [0, 0.05) is 13.1 Å². The molecule has 0 aliphatic carbocycles. The third-order valence-electron chi connectivity index (χ3n) is 5.65. The highest BCUT2D eigenvalue weighted by Gasteiger charge is 2.39. The van der Waals surface area contributed by atoms with Crippen LogP contribution in [0.3, 0.4) is 0 Å². The molecule has 0 radical (unpaired) electrons. The van der Waals surface area contributed by atoms with Gasteiger partial charge in [0.1, 0.15) is 0 Å². The highest BCUT2D eigenvalue weighted by atomic mass is 32.2. The number of benzene rings is 2. The maximum atomic E-state index is 13.5. The van der Waals surface area contributed by atoms with Crippen LogP contribution in [0.2, 0.25) is 0 Å². The molecular formula is C21H24N2O3S. The van der Waals surface area contributed by atoms with Gasteiger partial charge < -0.3 is 4.90 Å². The zero-order valence-corrected chi connectivity index (χ0v) is 16.7. The molecule has 0 N–H and O–H groups in total. The van der Waals surface area contributed by atoms with Crippen LogP contribution in [-0.4, -0.2) is 27.4 Å². The molecule has 0 aromatic heterocycles. The van der Waals surface area contributed by atoms with Crippen LogP contribution in [0.15, 0.2) is 41.3 Å². The Morgan fingerprint density at radius 3 is 2.67 bits per heavy atom. The largest absolute Gasteiger partial charge is 0.311 e. The fourth-order valence-corrected chi connectivity index (χ4v) is 5.88. The molecule has 0 saturated heterocycles. The van der Waals surface area contributed by atoms with Gasteiger partial charge in [0.15, 0.2) is 0 Å². The standard InChI is InChI=1S/C21H24N2O3S/c1-4-23(19-10-6-5-8-14(19)2)27(25,26)17-12-16-9-7-11-22-20(16)18(13-17)15(3)21(22)24/h5-6,8,10,12-13,15H,4,7,9,11H2,1-3H3/t15-/m1/s1. The van der Waals surface area contributed by atoms with E-state index in [9.17, 15) is 13.2 Å². The molecular weight excluding hydrogens is 360 g/mol. The monoisotopic (exact) mass is 384 g/mol. The number of sulfonamides is 1. The second-order valence-corrected chi connectivity index (χ2v) is 9.15. The number of carbonyl (C=O) groups excluding carboxylic acids is 1. The zero-order chi connectivity index (χ0) is 19.3. The molecule has 2 heterocycles. The predicted octanol–water partition coefficient (Wildman–Crippen LogP) is 3.61. The summed E-state index contributed by atoms with van der Waals surface area (Å²) in [7, 11) is -3.71. The summed E-state index contributed by atoms with van der Waals surface area (Å²) in [6, 6.07) is 11.0. The van der Waals surface area contributed by atoms with Gasteiger partial charge in [-0.15, -0.1) is 0 Å². The fourth-order valence-electron chi connectivity index (χ4n) is 4.25. The Bertz CT molecular complexity index is 1030. The molecule has 5 nitrogen and oxygen atoms in total. The smallest absolute Gasteiger partial charge is 0.264 e. The Kier molecular flexibility index (Phi) is 4.26. The molecule has 0 fully saturated rings. The number of para-hydroxylation sites is 1. The van der Waals surface area contributed by atoms with Gasteiger partial charge in [-0.05, 0) is 68.5 Å². The van der Waals surface area contributed by atoms with E-state index in [2.05, 4.69) is 0 Å². The molecule has 0 bridgehead atoms. The van der Waals surface area contributed by atoms with Gasteiger partial charge in [0.05, 0.1) is 22.2 Å². The van der Waals surface area contributed by atoms with Crippen molar-refractivity contribution in [2.45, 2.75) is 44.4 Å². The van der Waals surface area contributed by atoms with Crippen molar-refractivity contribution in [1.82, 2.24) is 0 Å². The lowest BCUT2D eigenvalue weighted by molar-refractivity contribution is -0.119. The molecule has 4 rings (SSSR count). The van der Waals surface area contributed by atoms with Gasteiger partial charge in [-0.25, -0.2) is 8.42 Å². The van der Waals surface area contributed by atoms with Crippen LogP contribution in [-0.2, 0) is 21.2 Å². The van der Waals surface area contributed by atoms with Crippen LogP contribution >= 0.6 is 0 Å². The molecule has 2 aliphatic rings. The van der Waals surface area contributed by atoms with Crippen molar-refractivity contribution in [1.29, 1.82) is 0 Å². The average Bonchev–Trinajstić information content (AvgIpc) is 2.90. The molecule has 142 valence electrons. The maximum Gasteiger partial charge on any atom is 0.264 e. The number of carbonyl (C=O) groups is 1. The van der Waals surface area contributed by atoms with E-state index in [1.54, 1.807) is 12.1 Å². The quantitative estimate of drug-likeness (QED) is 0.809. The summed E-state index contributed by atoms with van der Waals surface area (Å²) in [5, 5.41) is 0.